The third-order valence-electron chi connectivity index (χ3n) is 9.56. The van der Waals surface area contributed by atoms with E-state index in [2.05, 4.69) is 0 Å². The van der Waals surface area contributed by atoms with E-state index in [0.717, 1.165) is 0 Å². The number of ketones is 2. The monoisotopic (exact) mass is 496 g/mol. The van der Waals surface area contributed by atoms with Crippen molar-refractivity contribution in [3.8, 4) is 0 Å². The number of allylic oxidation sites excluding steroid dienone is 4. The molecule has 188 valence electrons. The van der Waals surface area contributed by atoms with Gasteiger partial charge in [0.1, 0.15) is 6.61 Å². The molecule has 4 aliphatic rings. The van der Waals surface area contributed by atoms with E-state index >= 15 is 0 Å². The smallest absolute Gasteiger partial charge is 0.306 e. The van der Waals surface area contributed by atoms with Crippen molar-refractivity contribution in [2.24, 2.45) is 28.6 Å². The van der Waals surface area contributed by atoms with Gasteiger partial charge in [-0.3, -0.25) is 14.4 Å². The molecule has 6 nitrogen and oxygen atoms in total. The molecule has 0 aliphatic heterocycles. The summed E-state index contributed by atoms with van der Waals surface area (Å²) in [5.41, 5.74) is -3.32. The number of aliphatic hydroxyl groups excluding tert-OH is 2. The SMILES string of the molecule is CCCC(=O)O[C@]1(C(=O)CO)[C@@H](C)C[C@H]2[C@@H]3CCC4=C(F)C(=O)C=C[C@]4(C)[C@@]3(Cl)[C@@H](O)C[C@@]21C. The summed E-state index contributed by atoms with van der Waals surface area (Å²) in [5.74, 6) is -3.52. The van der Waals surface area contributed by atoms with E-state index < -0.39 is 63.3 Å². The quantitative estimate of drug-likeness (QED) is 0.443. The summed E-state index contributed by atoms with van der Waals surface area (Å²) < 4.78 is 20.9. The summed E-state index contributed by atoms with van der Waals surface area (Å²) in [6, 6.07) is 0. The highest BCUT2D eigenvalue weighted by molar-refractivity contribution is 6.26. The van der Waals surface area contributed by atoms with Crippen molar-refractivity contribution >= 4 is 29.1 Å². The lowest BCUT2D eigenvalue weighted by Crippen LogP contribution is -2.69. The molecule has 0 unspecified atom stereocenters. The van der Waals surface area contributed by atoms with Crippen LogP contribution in [-0.2, 0) is 19.1 Å². The van der Waals surface area contributed by atoms with Gasteiger partial charge in [-0.25, -0.2) is 4.39 Å². The van der Waals surface area contributed by atoms with Crippen molar-refractivity contribution in [1.29, 1.82) is 0 Å². The van der Waals surface area contributed by atoms with Crippen LogP contribution in [0, 0.1) is 28.6 Å². The van der Waals surface area contributed by atoms with Crippen LogP contribution in [0.2, 0.25) is 0 Å². The van der Waals surface area contributed by atoms with Gasteiger partial charge in [0.2, 0.25) is 11.6 Å². The molecule has 0 amide bonds. The predicted octanol–water partition coefficient (Wildman–Crippen LogP) is 3.81. The molecule has 4 rings (SSSR count). The molecule has 8 atom stereocenters. The first-order valence-corrected chi connectivity index (χ1v) is 12.6. The second-order valence-corrected chi connectivity index (χ2v) is 11.7. The fourth-order valence-corrected chi connectivity index (χ4v) is 8.55. The highest BCUT2D eigenvalue weighted by Crippen LogP contribution is 2.72. The highest BCUT2D eigenvalue weighted by Gasteiger charge is 2.76. The molecule has 2 N–H and O–H groups in total. The van der Waals surface area contributed by atoms with E-state index in [1.54, 1.807) is 13.0 Å². The normalized spacial score (nSPS) is 45.5. The maximum Gasteiger partial charge on any atom is 0.306 e. The van der Waals surface area contributed by atoms with Gasteiger partial charge in [-0.05, 0) is 55.6 Å². The van der Waals surface area contributed by atoms with E-state index in [4.69, 9.17) is 16.3 Å². The van der Waals surface area contributed by atoms with E-state index in [1.165, 1.54) is 6.08 Å². The van der Waals surface area contributed by atoms with Crippen LogP contribution >= 0.6 is 11.6 Å². The topological polar surface area (TPSA) is 101 Å². The van der Waals surface area contributed by atoms with Crippen molar-refractivity contribution < 1.29 is 33.7 Å². The molecule has 0 radical (unpaired) electrons. The van der Waals surface area contributed by atoms with Crippen molar-refractivity contribution in [2.45, 2.75) is 82.8 Å². The molecule has 0 aromatic heterocycles. The number of esters is 1. The van der Waals surface area contributed by atoms with Gasteiger partial charge < -0.3 is 14.9 Å². The number of carbonyl (C=O) groups excluding carboxylic acids is 3. The number of halogens is 2. The molecule has 0 saturated heterocycles. The zero-order valence-electron chi connectivity index (χ0n) is 20.2. The minimum atomic E-state index is -1.58. The van der Waals surface area contributed by atoms with Crippen LogP contribution in [0.1, 0.15) is 66.2 Å². The van der Waals surface area contributed by atoms with Crippen molar-refractivity contribution in [3.63, 3.8) is 0 Å². The van der Waals surface area contributed by atoms with E-state index in [-0.39, 0.29) is 24.7 Å². The number of alkyl halides is 1. The van der Waals surface area contributed by atoms with Gasteiger partial charge in [-0.15, -0.1) is 11.6 Å². The Labute approximate surface area is 204 Å². The van der Waals surface area contributed by atoms with Gasteiger partial charge in [0.25, 0.3) is 0 Å². The molecule has 0 heterocycles. The van der Waals surface area contributed by atoms with Gasteiger partial charge in [0, 0.05) is 23.2 Å². The Kier molecular flexibility index (Phi) is 6.19. The number of fused-ring (bicyclic) bond motifs is 5. The summed E-state index contributed by atoms with van der Waals surface area (Å²) in [6.45, 7) is 6.52. The Hall–Kier alpha value is -1.57. The third-order valence-corrected chi connectivity index (χ3v) is 10.5. The average molecular weight is 497 g/mol. The molecule has 34 heavy (non-hydrogen) atoms. The summed E-state index contributed by atoms with van der Waals surface area (Å²) in [5, 5.41) is 21.5. The lowest BCUT2D eigenvalue weighted by molar-refractivity contribution is -0.203. The first-order chi connectivity index (χ1) is 15.8. The number of aliphatic hydroxyl groups is 2. The van der Waals surface area contributed by atoms with Crippen LogP contribution in [0.25, 0.3) is 0 Å². The lowest BCUT2D eigenvalue weighted by Gasteiger charge is -2.64. The Morgan fingerprint density at radius 3 is 2.59 bits per heavy atom. The zero-order chi connectivity index (χ0) is 25.3. The van der Waals surface area contributed by atoms with Crippen molar-refractivity contribution in [3.05, 3.63) is 23.6 Å². The van der Waals surface area contributed by atoms with Crippen LogP contribution < -0.4 is 0 Å². The van der Waals surface area contributed by atoms with E-state index in [9.17, 15) is 29.0 Å². The fraction of sp³-hybridized carbons (Fsp3) is 0.731. The predicted molar refractivity (Wildman–Crippen MR) is 124 cm³/mol. The van der Waals surface area contributed by atoms with Crippen LogP contribution in [0.3, 0.4) is 0 Å². The maximum absolute atomic E-state index is 14.9. The molecule has 3 fully saturated rings. The van der Waals surface area contributed by atoms with Gasteiger partial charge >= 0.3 is 5.97 Å². The largest absolute Gasteiger partial charge is 0.450 e. The van der Waals surface area contributed by atoms with Gasteiger partial charge in [0.05, 0.1) is 11.0 Å². The van der Waals surface area contributed by atoms with Gasteiger partial charge in [-0.2, -0.15) is 0 Å². The molecule has 4 aliphatic carbocycles. The zero-order valence-corrected chi connectivity index (χ0v) is 21.0. The number of Topliss-reactive ketones (excluding diaryl/α,β-unsaturated/α-hetero) is 1. The Morgan fingerprint density at radius 1 is 1.29 bits per heavy atom. The highest BCUT2D eigenvalue weighted by atomic mass is 35.5. The summed E-state index contributed by atoms with van der Waals surface area (Å²) in [4.78, 5) is 36.7. The number of ether oxygens (including phenoxy) is 1. The van der Waals surface area contributed by atoms with Crippen LogP contribution in [0.5, 0.6) is 0 Å². The Morgan fingerprint density at radius 2 is 1.97 bits per heavy atom. The van der Waals surface area contributed by atoms with Crippen molar-refractivity contribution in [1.82, 2.24) is 0 Å². The molecule has 8 heteroatoms. The number of hydrogen-bond donors (Lipinski definition) is 2. The lowest BCUT2D eigenvalue weighted by atomic mass is 9.45. The molecular formula is C26H34ClFO6. The van der Waals surface area contributed by atoms with Gasteiger partial charge in [0.15, 0.2) is 11.4 Å². The number of carbonyl (C=O) groups is 3. The van der Waals surface area contributed by atoms with Crippen LogP contribution in [0.15, 0.2) is 23.6 Å². The first-order valence-electron chi connectivity index (χ1n) is 12.2. The molecule has 0 spiro atoms. The molecule has 0 aromatic rings. The van der Waals surface area contributed by atoms with Crippen molar-refractivity contribution in [2.75, 3.05) is 6.61 Å². The molecular weight excluding hydrogens is 463 g/mol. The minimum Gasteiger partial charge on any atom is -0.450 e. The maximum atomic E-state index is 14.9. The third kappa shape index (κ3) is 2.96. The molecule has 0 bridgehead atoms. The standard InChI is InChI=1S/C26H34ClFO6/c1-5-6-21(33)34-26(20(32)13-29)14(2)11-17-15-7-8-16-22(28)18(30)9-10-23(16,3)25(15,27)19(31)12-24(17,26)4/h9-10,14-15,17,19,29,31H,5-8,11-13H2,1-4H3/t14-,15-,17-,19-,23-,24-,25-,26-/m0/s1. The second kappa shape index (κ2) is 8.24. The van der Waals surface area contributed by atoms with Crippen LogP contribution in [-0.4, -0.2) is 50.9 Å². The number of hydrogen-bond acceptors (Lipinski definition) is 6. The second-order valence-electron chi connectivity index (χ2n) is 11.0. The van der Waals surface area contributed by atoms with Gasteiger partial charge in [-0.1, -0.05) is 33.8 Å². The Bertz CT molecular complexity index is 992. The first kappa shape index (κ1) is 25.5. The minimum absolute atomic E-state index is 0.0411. The summed E-state index contributed by atoms with van der Waals surface area (Å²) >= 11 is 7.34. The Balaban J connectivity index is 1.85. The summed E-state index contributed by atoms with van der Waals surface area (Å²) in [7, 11) is 0. The fourth-order valence-electron chi connectivity index (χ4n) is 8.03. The number of rotatable bonds is 5. The molecule has 0 aromatic carbocycles. The van der Waals surface area contributed by atoms with Crippen LogP contribution in [0.4, 0.5) is 4.39 Å². The van der Waals surface area contributed by atoms with E-state index in [0.29, 0.717) is 31.3 Å². The van der Waals surface area contributed by atoms with E-state index in [1.807, 2.05) is 20.8 Å². The summed E-state index contributed by atoms with van der Waals surface area (Å²) in [6.07, 6.45) is 3.61. The molecule has 3 saturated carbocycles. The average Bonchev–Trinajstić information content (AvgIpc) is 2.99.